The Balaban J connectivity index is 1.55. The van der Waals surface area contributed by atoms with E-state index in [2.05, 4.69) is 40.4 Å². The molecule has 2 aliphatic carbocycles. The van der Waals surface area contributed by atoms with Gasteiger partial charge in [0.2, 0.25) is 0 Å². The zero-order valence-electron chi connectivity index (χ0n) is 20.0. The second-order valence-electron chi connectivity index (χ2n) is 10.4. The van der Waals surface area contributed by atoms with Crippen molar-refractivity contribution < 1.29 is 14.3 Å². The first-order valence-electron chi connectivity index (χ1n) is 11.8. The predicted octanol–water partition coefficient (Wildman–Crippen LogP) is 7.41. The lowest BCUT2D eigenvalue weighted by molar-refractivity contribution is 0.00697. The summed E-state index contributed by atoms with van der Waals surface area (Å²) in [6.07, 6.45) is 6.56. The average Bonchev–Trinajstić information content (AvgIpc) is 3.21. The number of carbonyl (C=O) groups excluding carboxylic acids is 2. The van der Waals surface area contributed by atoms with Gasteiger partial charge in [0.05, 0.1) is 9.35 Å². The number of fused-ring (bicyclic) bond motifs is 2. The molecular formula is C25H33BrN2O3S2. The number of ether oxygens (including phenoxy) is 1. The minimum Gasteiger partial charge on any atom is -0.456 e. The number of aryl methyl sites for hydroxylation is 1. The number of carbonyl (C=O) groups is 2. The molecular weight excluding hydrogens is 520 g/mol. The molecule has 2 atom stereocenters. The number of urea groups is 1. The van der Waals surface area contributed by atoms with Gasteiger partial charge in [-0.15, -0.1) is 22.7 Å². The van der Waals surface area contributed by atoms with E-state index in [1.165, 1.54) is 45.1 Å². The molecule has 0 spiro atoms. The fourth-order valence-electron chi connectivity index (χ4n) is 4.95. The number of amides is 2. The number of hydrogen-bond acceptors (Lipinski definition) is 5. The molecule has 2 N–H and O–H groups in total. The maximum absolute atomic E-state index is 13.2. The Kier molecular flexibility index (Phi) is 7.27. The predicted molar refractivity (Wildman–Crippen MR) is 140 cm³/mol. The van der Waals surface area contributed by atoms with Crippen LogP contribution in [0.5, 0.6) is 0 Å². The maximum Gasteiger partial charge on any atom is 0.341 e. The Bertz CT molecular complexity index is 1070. The van der Waals surface area contributed by atoms with E-state index in [9.17, 15) is 9.59 Å². The normalized spacial score (nSPS) is 20.1. The van der Waals surface area contributed by atoms with Crippen LogP contribution < -0.4 is 10.6 Å². The van der Waals surface area contributed by atoms with Crippen molar-refractivity contribution in [3.63, 3.8) is 0 Å². The van der Waals surface area contributed by atoms with Crippen LogP contribution >= 0.6 is 38.6 Å². The molecule has 0 aliphatic heterocycles. The minimum absolute atomic E-state index is 0.290. The van der Waals surface area contributed by atoms with Gasteiger partial charge in [-0.25, -0.2) is 9.59 Å². The average molecular weight is 554 g/mol. The molecule has 0 aromatic carbocycles. The lowest BCUT2D eigenvalue weighted by Crippen LogP contribution is -2.30. The van der Waals surface area contributed by atoms with E-state index in [0.717, 1.165) is 35.0 Å². The SMILES string of the molecule is CC1Cc2c(sc(NC(=O)NCc3c(Br)sc4c3CCCC4)c2C(=O)OC(C)(C)C)C(C)C1. The number of hydrogen-bond donors (Lipinski definition) is 2. The first-order chi connectivity index (χ1) is 15.5. The summed E-state index contributed by atoms with van der Waals surface area (Å²) in [6.45, 7) is 10.5. The van der Waals surface area contributed by atoms with Crippen molar-refractivity contribution in [2.24, 2.45) is 5.92 Å². The fourth-order valence-corrected chi connectivity index (χ4v) is 8.32. The third-order valence-corrected chi connectivity index (χ3v) is 9.75. The van der Waals surface area contributed by atoms with E-state index in [1.54, 1.807) is 11.3 Å². The molecule has 4 rings (SSSR count). The molecule has 0 radical (unpaired) electrons. The maximum atomic E-state index is 13.2. The number of thiophene rings is 2. The Morgan fingerprint density at radius 1 is 1.12 bits per heavy atom. The summed E-state index contributed by atoms with van der Waals surface area (Å²) in [4.78, 5) is 28.7. The van der Waals surface area contributed by atoms with E-state index in [4.69, 9.17) is 4.74 Å². The zero-order valence-corrected chi connectivity index (χ0v) is 23.2. The largest absolute Gasteiger partial charge is 0.456 e. The third kappa shape index (κ3) is 5.49. The Morgan fingerprint density at radius 3 is 2.58 bits per heavy atom. The highest BCUT2D eigenvalue weighted by Gasteiger charge is 2.34. The van der Waals surface area contributed by atoms with E-state index >= 15 is 0 Å². The molecule has 180 valence electrons. The zero-order chi connectivity index (χ0) is 23.9. The van der Waals surface area contributed by atoms with Gasteiger partial charge in [-0.2, -0.15) is 0 Å². The highest BCUT2D eigenvalue weighted by molar-refractivity contribution is 9.11. The fraction of sp³-hybridized carbons (Fsp3) is 0.600. The third-order valence-electron chi connectivity index (χ3n) is 6.28. The van der Waals surface area contributed by atoms with E-state index in [-0.39, 0.29) is 12.0 Å². The summed E-state index contributed by atoms with van der Waals surface area (Å²) in [5.41, 5.74) is 3.56. The smallest absolute Gasteiger partial charge is 0.341 e. The van der Waals surface area contributed by atoms with E-state index in [1.807, 2.05) is 20.8 Å². The number of nitrogens with one attached hydrogen (secondary N) is 2. The lowest BCUT2D eigenvalue weighted by Gasteiger charge is -2.25. The molecule has 2 unspecified atom stereocenters. The standard InChI is InChI=1S/C25H33BrN2O3S2/c1-13-10-14(2)20-16(11-13)19(23(29)31-25(3,4)5)22(33-20)28-24(30)27-12-17-15-8-6-7-9-18(15)32-21(17)26/h13-14H,6-12H2,1-5H3,(H2,27,28,30). The quantitative estimate of drug-likeness (QED) is 0.388. The lowest BCUT2D eigenvalue weighted by atomic mass is 9.82. The van der Waals surface area contributed by atoms with Gasteiger partial charge in [-0.3, -0.25) is 5.32 Å². The van der Waals surface area contributed by atoms with Crippen LogP contribution in [-0.2, 0) is 30.5 Å². The molecule has 2 heterocycles. The summed E-state index contributed by atoms with van der Waals surface area (Å²) >= 11 is 7.00. The summed E-state index contributed by atoms with van der Waals surface area (Å²) in [5, 5.41) is 6.60. The Hall–Kier alpha value is -1.38. The van der Waals surface area contributed by atoms with E-state index in [0.29, 0.717) is 28.9 Å². The first kappa shape index (κ1) is 24.7. The van der Waals surface area contributed by atoms with Crippen LogP contribution in [0.1, 0.15) is 96.6 Å². The van der Waals surface area contributed by atoms with Gasteiger partial charge < -0.3 is 10.1 Å². The van der Waals surface area contributed by atoms with E-state index < -0.39 is 5.60 Å². The summed E-state index contributed by atoms with van der Waals surface area (Å²) in [5.74, 6) is 0.500. The highest BCUT2D eigenvalue weighted by atomic mass is 79.9. The second kappa shape index (κ2) is 9.70. The molecule has 2 aromatic heterocycles. The Labute approximate surface area is 212 Å². The Morgan fingerprint density at radius 2 is 1.85 bits per heavy atom. The van der Waals surface area contributed by atoms with Crippen LogP contribution in [0.3, 0.4) is 0 Å². The van der Waals surface area contributed by atoms with Gasteiger partial charge in [0.1, 0.15) is 10.6 Å². The van der Waals surface area contributed by atoms with Crippen molar-refractivity contribution in [2.75, 3.05) is 5.32 Å². The van der Waals surface area contributed by atoms with Crippen LogP contribution in [0, 0.1) is 5.92 Å². The molecule has 2 amide bonds. The van der Waals surface area contributed by atoms with Crippen LogP contribution in [0.25, 0.3) is 0 Å². The number of anilines is 1. The van der Waals surface area contributed by atoms with Gasteiger partial charge >= 0.3 is 12.0 Å². The first-order valence-corrected chi connectivity index (χ1v) is 14.2. The van der Waals surface area contributed by atoms with Gasteiger partial charge in [0.25, 0.3) is 0 Å². The molecule has 0 fully saturated rings. The van der Waals surface area contributed by atoms with Crippen LogP contribution in [0.15, 0.2) is 3.79 Å². The topological polar surface area (TPSA) is 67.4 Å². The number of rotatable bonds is 4. The van der Waals surface area contributed by atoms with Crippen LogP contribution in [0.2, 0.25) is 0 Å². The molecule has 2 aromatic rings. The monoisotopic (exact) mass is 552 g/mol. The van der Waals surface area contributed by atoms with Crippen molar-refractivity contribution in [1.82, 2.24) is 5.32 Å². The number of halogens is 1. The second-order valence-corrected chi connectivity index (χ2v) is 13.8. The molecule has 2 aliphatic rings. The van der Waals surface area contributed by atoms with Gasteiger partial charge in [0, 0.05) is 16.3 Å². The van der Waals surface area contributed by atoms with Gasteiger partial charge in [-0.05, 0) is 104 Å². The van der Waals surface area contributed by atoms with Crippen molar-refractivity contribution in [3.8, 4) is 0 Å². The highest BCUT2D eigenvalue weighted by Crippen LogP contribution is 2.45. The molecule has 5 nitrogen and oxygen atoms in total. The van der Waals surface area contributed by atoms with Crippen molar-refractivity contribution >= 4 is 55.6 Å². The molecule has 0 saturated carbocycles. The summed E-state index contributed by atoms with van der Waals surface area (Å²) in [6, 6.07) is -0.290. The number of esters is 1. The van der Waals surface area contributed by atoms with Crippen molar-refractivity contribution in [1.29, 1.82) is 0 Å². The molecule has 0 bridgehead atoms. The molecule has 0 saturated heterocycles. The van der Waals surface area contributed by atoms with Crippen molar-refractivity contribution in [3.05, 3.63) is 35.8 Å². The summed E-state index contributed by atoms with van der Waals surface area (Å²) in [7, 11) is 0. The molecule has 8 heteroatoms. The van der Waals surface area contributed by atoms with Crippen LogP contribution in [0.4, 0.5) is 9.80 Å². The van der Waals surface area contributed by atoms with Gasteiger partial charge in [0.15, 0.2) is 0 Å². The van der Waals surface area contributed by atoms with Crippen LogP contribution in [-0.4, -0.2) is 17.6 Å². The minimum atomic E-state index is -0.596. The van der Waals surface area contributed by atoms with Gasteiger partial charge in [-0.1, -0.05) is 13.8 Å². The summed E-state index contributed by atoms with van der Waals surface area (Å²) < 4.78 is 6.84. The van der Waals surface area contributed by atoms with Crippen molar-refractivity contribution in [2.45, 2.75) is 91.2 Å². The molecule has 33 heavy (non-hydrogen) atoms.